The Morgan fingerprint density at radius 1 is 1.03 bits per heavy atom. The van der Waals surface area contributed by atoms with E-state index in [1.807, 2.05) is 0 Å². The van der Waals surface area contributed by atoms with Crippen molar-refractivity contribution in [2.75, 3.05) is 33.3 Å². The molecule has 1 aromatic rings. The lowest BCUT2D eigenvalue weighted by Crippen LogP contribution is -2.52. The Hall–Kier alpha value is -4.01. The van der Waals surface area contributed by atoms with Crippen LogP contribution in [-0.2, 0) is 14.3 Å². The number of aromatic amines is 1. The molecule has 174 valence electrons. The number of Topliss-reactive ketones (excluding diaryl/α,β-unsaturated/α-hetero) is 1. The lowest BCUT2D eigenvalue weighted by molar-refractivity contribution is -0.134. The van der Waals surface area contributed by atoms with Crippen LogP contribution >= 0.6 is 0 Å². The summed E-state index contributed by atoms with van der Waals surface area (Å²) in [5.74, 6) is -3.43. The van der Waals surface area contributed by atoms with Gasteiger partial charge in [0.15, 0.2) is 0 Å². The third-order valence-electron chi connectivity index (χ3n) is 5.12. The van der Waals surface area contributed by atoms with E-state index in [4.69, 9.17) is 0 Å². The molecule has 2 rings (SSSR count). The van der Waals surface area contributed by atoms with Crippen molar-refractivity contribution in [2.45, 2.75) is 6.92 Å². The van der Waals surface area contributed by atoms with Gasteiger partial charge in [0.25, 0.3) is 17.6 Å². The first-order chi connectivity index (χ1) is 15.7. The molecule has 0 unspecified atom stereocenters. The molecule has 0 saturated carbocycles. The molecule has 1 saturated heterocycles. The Morgan fingerprint density at radius 2 is 1.64 bits per heavy atom. The monoisotopic (exact) mass is 455 g/mol. The van der Waals surface area contributed by atoms with Crippen LogP contribution in [0.1, 0.15) is 26.3 Å². The number of methoxy groups -OCH3 is 1. The van der Waals surface area contributed by atoms with Gasteiger partial charge < -0.3 is 19.5 Å². The van der Waals surface area contributed by atoms with Gasteiger partial charge in [-0.2, -0.15) is 0 Å². The van der Waals surface area contributed by atoms with Crippen molar-refractivity contribution in [3.05, 3.63) is 84.0 Å². The Kier molecular flexibility index (Phi) is 8.85. The number of carbonyl (C=O) groups excluding carboxylic acids is 4. The number of amides is 2. The zero-order valence-electron chi connectivity index (χ0n) is 18.6. The zero-order chi connectivity index (χ0) is 24.5. The third-order valence-corrected chi connectivity index (χ3v) is 5.12. The number of nitrogens with zero attached hydrogens (tertiary/aromatic N) is 2. The van der Waals surface area contributed by atoms with Gasteiger partial charge in [0.2, 0.25) is 0 Å². The van der Waals surface area contributed by atoms with Crippen molar-refractivity contribution in [3.8, 4) is 0 Å². The number of ketones is 1. The number of esters is 1. The number of hydrogen-bond donors (Lipinski definition) is 1. The van der Waals surface area contributed by atoms with Gasteiger partial charge in [-0.1, -0.05) is 31.4 Å². The average Bonchev–Trinajstić information content (AvgIpc) is 2.90. The highest BCUT2D eigenvalue weighted by atomic mass is 19.1. The first-order valence-corrected chi connectivity index (χ1v) is 10.1. The summed E-state index contributed by atoms with van der Waals surface area (Å²) in [6.45, 7) is 9.29. The van der Waals surface area contributed by atoms with E-state index in [0.717, 1.165) is 6.07 Å². The van der Waals surface area contributed by atoms with Gasteiger partial charge in [-0.3, -0.25) is 14.4 Å². The van der Waals surface area contributed by atoms with E-state index in [1.165, 1.54) is 49.5 Å². The van der Waals surface area contributed by atoms with Gasteiger partial charge in [0.05, 0.1) is 12.7 Å². The topological polar surface area (TPSA) is 99.8 Å². The number of allylic oxidation sites excluding steroid dienone is 2. The van der Waals surface area contributed by atoms with Crippen molar-refractivity contribution in [3.63, 3.8) is 0 Å². The average molecular weight is 455 g/mol. The maximum atomic E-state index is 14.6. The molecule has 8 nitrogen and oxygen atoms in total. The molecule has 2 amide bonds. The molecule has 0 atom stereocenters. The normalized spacial score (nSPS) is 13.6. The van der Waals surface area contributed by atoms with E-state index in [0.29, 0.717) is 5.57 Å². The molecule has 1 aliphatic rings. The van der Waals surface area contributed by atoms with Crippen molar-refractivity contribution in [2.24, 2.45) is 0 Å². The summed E-state index contributed by atoms with van der Waals surface area (Å²) in [7, 11) is 1.19. The van der Waals surface area contributed by atoms with E-state index in [1.54, 1.807) is 11.0 Å². The van der Waals surface area contributed by atoms with Crippen molar-refractivity contribution < 1.29 is 28.3 Å². The van der Waals surface area contributed by atoms with E-state index < -0.39 is 23.5 Å². The van der Waals surface area contributed by atoms with Gasteiger partial charge in [0.1, 0.15) is 5.82 Å². The number of aromatic nitrogens is 1. The van der Waals surface area contributed by atoms with Gasteiger partial charge in [0, 0.05) is 49.7 Å². The predicted molar refractivity (Wildman–Crippen MR) is 120 cm³/mol. The lowest BCUT2D eigenvalue weighted by Gasteiger charge is -2.34. The molecule has 0 radical (unpaired) electrons. The number of nitrogens with one attached hydrogen (secondary N) is 1. The highest BCUT2D eigenvalue weighted by Gasteiger charge is 2.30. The molecule has 1 aromatic heterocycles. The van der Waals surface area contributed by atoms with Crippen LogP contribution in [-0.4, -0.2) is 71.6 Å². The van der Waals surface area contributed by atoms with Crippen LogP contribution < -0.4 is 0 Å². The number of hydrogen-bond acceptors (Lipinski definition) is 5. The fraction of sp³-hybridized carbons (Fsp3) is 0.250. The molecule has 2 heterocycles. The summed E-state index contributed by atoms with van der Waals surface area (Å²) in [5, 5.41) is 0. The number of piperazine rings is 1. The van der Waals surface area contributed by atoms with E-state index in [-0.39, 0.29) is 48.8 Å². The Balaban J connectivity index is 2.23. The first-order valence-electron chi connectivity index (χ1n) is 10.1. The third kappa shape index (κ3) is 6.03. The minimum Gasteiger partial charge on any atom is -0.465 e. The number of H-pyrrole nitrogens is 1. The van der Waals surface area contributed by atoms with Crippen LogP contribution in [0.5, 0.6) is 0 Å². The summed E-state index contributed by atoms with van der Waals surface area (Å²) < 4.78 is 19.2. The zero-order valence-corrected chi connectivity index (χ0v) is 18.6. The van der Waals surface area contributed by atoms with Crippen LogP contribution in [0.4, 0.5) is 4.39 Å². The van der Waals surface area contributed by atoms with Gasteiger partial charge in [-0.15, -0.1) is 0 Å². The molecule has 0 spiro atoms. The molecule has 1 fully saturated rings. The maximum absolute atomic E-state index is 14.6. The molecule has 0 bridgehead atoms. The largest absolute Gasteiger partial charge is 0.465 e. The summed E-state index contributed by atoms with van der Waals surface area (Å²) in [6, 6.07) is 2.23. The van der Waals surface area contributed by atoms with Crippen LogP contribution in [0.2, 0.25) is 0 Å². The second kappa shape index (κ2) is 11.6. The quantitative estimate of drug-likeness (QED) is 0.234. The standard InChI is InChI=1S/C24H26FN3O5/c1-5-7-17(6-2)22(30)27-10-12-28(13-11-27)23(31)21(29)19-15-26-14-18(24(32)33-4)8-9-20(25)16(19)3/h5-9,14-15,26H,1-2,10-13H2,3-4H3/b9-8?,17-7+,18-14?,19-15?,20-16?. The molecule has 9 heteroatoms. The second-order valence-electron chi connectivity index (χ2n) is 7.10. The van der Waals surface area contributed by atoms with Gasteiger partial charge >= 0.3 is 5.97 Å². The Bertz CT molecular complexity index is 1060. The smallest absolute Gasteiger partial charge is 0.339 e. The fourth-order valence-corrected chi connectivity index (χ4v) is 3.18. The molecular weight excluding hydrogens is 429 g/mol. The number of carbonyl (C=O) groups is 4. The van der Waals surface area contributed by atoms with Crippen LogP contribution in [0.25, 0.3) is 0 Å². The first kappa shape index (κ1) is 25.3. The molecule has 0 aliphatic carbocycles. The minimum atomic E-state index is -0.906. The minimum absolute atomic E-state index is 0.0295. The molecule has 1 aliphatic heterocycles. The number of ether oxygens (including phenoxy) is 1. The van der Waals surface area contributed by atoms with E-state index >= 15 is 0 Å². The summed E-state index contributed by atoms with van der Waals surface area (Å²) in [5.41, 5.74) is 0.176. The highest BCUT2D eigenvalue weighted by Crippen LogP contribution is 2.14. The Morgan fingerprint density at radius 3 is 2.18 bits per heavy atom. The SMILES string of the molecule is C=C/C=C(\C=C)C(=O)N1CCN(C(=O)C(=O)c2c[nH]cc(C(=O)OC)ccc(F)c2C)CC1. The van der Waals surface area contributed by atoms with Crippen molar-refractivity contribution in [1.29, 1.82) is 0 Å². The lowest BCUT2D eigenvalue weighted by atomic mass is 10.1. The molecule has 0 aromatic carbocycles. The Labute approximate surface area is 191 Å². The highest BCUT2D eigenvalue weighted by molar-refractivity contribution is 6.43. The molecule has 33 heavy (non-hydrogen) atoms. The summed E-state index contributed by atoms with van der Waals surface area (Å²) in [4.78, 5) is 55.5. The predicted octanol–water partition coefficient (Wildman–Crippen LogP) is 2.53. The number of halogens is 1. The number of rotatable bonds is 6. The van der Waals surface area contributed by atoms with E-state index in [2.05, 4.69) is 22.9 Å². The molecule has 1 N–H and O–H groups in total. The van der Waals surface area contributed by atoms with Crippen LogP contribution in [0.3, 0.4) is 0 Å². The fourth-order valence-electron chi connectivity index (χ4n) is 3.18. The van der Waals surface area contributed by atoms with Crippen LogP contribution in [0, 0.1) is 12.7 Å². The van der Waals surface area contributed by atoms with Gasteiger partial charge in [-0.05, 0) is 24.6 Å². The second-order valence-corrected chi connectivity index (χ2v) is 7.10. The van der Waals surface area contributed by atoms with E-state index in [9.17, 15) is 23.6 Å². The molecular formula is C24H26FN3O5. The summed E-state index contributed by atoms with van der Waals surface area (Å²) >= 11 is 0. The van der Waals surface area contributed by atoms with Gasteiger partial charge in [-0.25, -0.2) is 9.18 Å². The van der Waals surface area contributed by atoms with Crippen molar-refractivity contribution >= 4 is 23.6 Å². The summed E-state index contributed by atoms with van der Waals surface area (Å²) in [6.07, 6.45) is 6.87. The van der Waals surface area contributed by atoms with Crippen molar-refractivity contribution in [1.82, 2.24) is 14.8 Å². The maximum Gasteiger partial charge on any atom is 0.339 e. The van der Waals surface area contributed by atoms with Crippen LogP contribution in [0.15, 0.2) is 61.5 Å².